The summed E-state index contributed by atoms with van der Waals surface area (Å²) in [5.74, 6) is -0.492. The van der Waals surface area contributed by atoms with Gasteiger partial charge in [0, 0.05) is 29.7 Å². The van der Waals surface area contributed by atoms with Crippen molar-refractivity contribution >= 4 is 54.5 Å². The maximum absolute atomic E-state index is 14.7. The summed E-state index contributed by atoms with van der Waals surface area (Å²) in [4.78, 5) is 33.8. The van der Waals surface area contributed by atoms with Crippen LogP contribution in [0.25, 0.3) is 22.2 Å². The van der Waals surface area contributed by atoms with E-state index in [1.54, 1.807) is 32.0 Å². The Morgan fingerprint density at radius 1 is 1.23 bits per heavy atom. The van der Waals surface area contributed by atoms with Crippen molar-refractivity contribution in [1.82, 2.24) is 20.4 Å². The molecule has 0 aliphatic rings. The predicted octanol–water partition coefficient (Wildman–Crippen LogP) is 3.48. The van der Waals surface area contributed by atoms with Crippen LogP contribution < -0.4 is 31.7 Å². The number of ether oxygens (including phenoxy) is 1. The highest BCUT2D eigenvalue weighted by Gasteiger charge is 2.22. The topological polar surface area (TPSA) is 178 Å². The quantitative estimate of drug-likeness (QED) is 0.183. The van der Waals surface area contributed by atoms with E-state index in [4.69, 9.17) is 15.0 Å². The van der Waals surface area contributed by atoms with Crippen molar-refractivity contribution in [2.24, 2.45) is 5.41 Å². The molecule has 210 valence electrons. The number of aromatic nitrogens is 3. The molecule has 1 atom stereocenters. The van der Waals surface area contributed by atoms with Crippen molar-refractivity contribution in [3.05, 3.63) is 47.8 Å². The lowest BCUT2D eigenvalue weighted by molar-refractivity contribution is 0.102. The zero-order chi connectivity index (χ0) is 29.0. The maximum Gasteiger partial charge on any atom is 0.321 e. The number of aliphatic hydroxyl groups excluding tert-OH is 1. The highest BCUT2D eigenvalue weighted by Crippen LogP contribution is 2.35. The van der Waals surface area contributed by atoms with Gasteiger partial charge in [-0.2, -0.15) is 4.98 Å². The summed E-state index contributed by atoms with van der Waals surface area (Å²) in [5, 5.41) is 21.7. The van der Waals surface area contributed by atoms with Crippen LogP contribution in [0.5, 0.6) is 5.75 Å². The third-order valence-electron chi connectivity index (χ3n) is 5.61. The Bertz CT molecular complexity index is 1560. The zero-order valence-corrected chi connectivity index (χ0v) is 23.7. The van der Waals surface area contributed by atoms with Gasteiger partial charge in [0.1, 0.15) is 22.3 Å². The normalized spacial score (nSPS) is 11.2. The first-order valence-electron chi connectivity index (χ1n) is 11.8. The number of hydrogen-bond acceptors (Lipinski definition) is 10. The van der Waals surface area contributed by atoms with E-state index < -0.39 is 23.2 Å². The van der Waals surface area contributed by atoms with Crippen molar-refractivity contribution in [1.29, 1.82) is 0 Å². The minimum Gasteiger partial charge on any atom is -0.497 e. The largest absolute Gasteiger partial charge is 0.497 e. The molecule has 0 spiro atoms. The number of halogens is 1. The highest BCUT2D eigenvalue weighted by atomic mass is 32.1. The molecule has 40 heavy (non-hydrogen) atoms. The fraction of sp³-hybridized carbons (Fsp3) is 0.240. The van der Waals surface area contributed by atoms with Crippen LogP contribution >= 0.6 is 20.6 Å². The first kappa shape index (κ1) is 28.9. The van der Waals surface area contributed by atoms with Gasteiger partial charge in [0.2, 0.25) is 5.82 Å². The van der Waals surface area contributed by atoms with Crippen molar-refractivity contribution < 1.29 is 28.3 Å². The number of aliphatic hydroxyl groups is 1. The van der Waals surface area contributed by atoms with Crippen LogP contribution in [-0.2, 0) is 0 Å². The standard InChI is InChI=1S/C25H27FN7O5PS/c1-25(2,11-34)10-28-23(36)32-24-30-19(27)18(40-24)22-31-20(33-38-22)14-8-16(15(26)9-17(14)39)29-21(35)12-5-4-6-13(7-12)37-3/h4-9,34H,10-11,27,39H2,1-3H3,(H,29,35)(H2,28,30,32,36). The van der Waals surface area contributed by atoms with Crippen LogP contribution in [-0.4, -0.2) is 52.4 Å². The van der Waals surface area contributed by atoms with Gasteiger partial charge < -0.3 is 30.7 Å². The Balaban J connectivity index is 1.52. The Kier molecular flexibility index (Phi) is 8.62. The molecule has 15 heteroatoms. The number of nitrogens with two attached hydrogens (primary N) is 1. The second-order valence-corrected chi connectivity index (χ2v) is 11.0. The number of nitrogens with one attached hydrogen (secondary N) is 3. The number of hydrogen-bond donors (Lipinski definition) is 5. The van der Waals surface area contributed by atoms with E-state index in [-0.39, 0.29) is 47.1 Å². The van der Waals surface area contributed by atoms with Gasteiger partial charge in [-0.1, -0.05) is 36.4 Å². The Hall–Kier alpha value is -4.13. The van der Waals surface area contributed by atoms with Crippen molar-refractivity contribution in [3.63, 3.8) is 0 Å². The smallest absolute Gasteiger partial charge is 0.321 e. The minimum atomic E-state index is -0.656. The number of urea groups is 1. The molecule has 4 aromatic rings. The molecule has 2 aromatic heterocycles. The molecule has 2 aromatic carbocycles. The van der Waals surface area contributed by atoms with E-state index in [1.807, 2.05) is 0 Å². The Morgan fingerprint density at radius 2 is 2.00 bits per heavy atom. The average Bonchev–Trinajstić information content (AvgIpc) is 3.55. The fourth-order valence-electron chi connectivity index (χ4n) is 3.32. The second-order valence-electron chi connectivity index (χ2n) is 9.39. The number of thiazole rings is 1. The Labute approximate surface area is 234 Å². The first-order chi connectivity index (χ1) is 19.0. The van der Waals surface area contributed by atoms with Crippen LogP contribution in [0.2, 0.25) is 0 Å². The van der Waals surface area contributed by atoms with Crippen LogP contribution in [0, 0.1) is 11.2 Å². The van der Waals surface area contributed by atoms with E-state index in [0.29, 0.717) is 21.5 Å². The summed E-state index contributed by atoms with van der Waals surface area (Å²) in [6.07, 6.45) is 0. The molecular formula is C25H27FN7O5PS. The molecule has 0 aliphatic heterocycles. The molecule has 4 rings (SSSR count). The number of nitrogen functional groups attached to an aromatic ring is 1. The van der Waals surface area contributed by atoms with Gasteiger partial charge in [-0.05, 0) is 35.6 Å². The van der Waals surface area contributed by atoms with Gasteiger partial charge >= 0.3 is 6.03 Å². The van der Waals surface area contributed by atoms with E-state index in [2.05, 4.69) is 40.3 Å². The molecule has 0 saturated heterocycles. The number of rotatable bonds is 9. The number of anilines is 3. The molecular weight excluding hydrogens is 560 g/mol. The lowest BCUT2D eigenvalue weighted by Crippen LogP contribution is -2.38. The number of benzene rings is 2. The summed E-state index contributed by atoms with van der Waals surface area (Å²) in [6.45, 7) is 3.76. The van der Waals surface area contributed by atoms with Gasteiger partial charge in [-0.3, -0.25) is 10.1 Å². The van der Waals surface area contributed by atoms with E-state index in [1.165, 1.54) is 25.3 Å². The molecule has 0 bridgehead atoms. The zero-order valence-electron chi connectivity index (χ0n) is 21.7. The summed E-state index contributed by atoms with van der Waals surface area (Å²) >= 11 is 1.02. The van der Waals surface area contributed by atoms with E-state index in [9.17, 15) is 19.1 Å². The van der Waals surface area contributed by atoms with Crippen LogP contribution in [0.1, 0.15) is 24.2 Å². The predicted molar refractivity (Wildman–Crippen MR) is 153 cm³/mol. The molecule has 1 unspecified atom stereocenters. The van der Waals surface area contributed by atoms with Crippen molar-refractivity contribution in [2.75, 3.05) is 36.6 Å². The van der Waals surface area contributed by atoms with E-state index >= 15 is 0 Å². The van der Waals surface area contributed by atoms with Gasteiger partial charge in [-0.15, -0.1) is 9.24 Å². The Morgan fingerprint density at radius 3 is 2.73 bits per heavy atom. The number of methoxy groups -OCH3 is 1. The van der Waals surface area contributed by atoms with Crippen molar-refractivity contribution in [2.45, 2.75) is 13.8 Å². The van der Waals surface area contributed by atoms with Gasteiger partial charge in [0.25, 0.3) is 11.8 Å². The molecule has 0 aliphatic carbocycles. The van der Waals surface area contributed by atoms with Gasteiger partial charge in [-0.25, -0.2) is 14.2 Å². The molecule has 0 saturated carbocycles. The summed E-state index contributed by atoms with van der Waals surface area (Å²) in [6, 6.07) is 8.55. The summed E-state index contributed by atoms with van der Waals surface area (Å²) in [7, 11) is 3.87. The van der Waals surface area contributed by atoms with E-state index in [0.717, 1.165) is 11.3 Å². The second kappa shape index (κ2) is 11.9. The minimum absolute atomic E-state index is 0.0376. The number of nitrogens with zero attached hydrogens (tertiary/aromatic N) is 3. The molecule has 0 radical (unpaired) electrons. The summed E-state index contributed by atoms with van der Waals surface area (Å²) in [5.41, 5.74) is 6.12. The SMILES string of the molecule is COc1cccc(C(=O)Nc2cc(-c3noc(-c4sc(NC(=O)NCC(C)(C)CO)nc4N)n3)c(P)cc2F)c1. The first-order valence-corrected chi connectivity index (χ1v) is 13.2. The maximum atomic E-state index is 14.7. The van der Waals surface area contributed by atoms with Crippen LogP contribution in [0.3, 0.4) is 0 Å². The molecule has 12 nitrogen and oxygen atoms in total. The van der Waals surface area contributed by atoms with Gasteiger partial charge in [0.15, 0.2) is 5.13 Å². The van der Waals surface area contributed by atoms with Gasteiger partial charge in [0.05, 0.1) is 12.8 Å². The molecule has 0 fully saturated rings. The van der Waals surface area contributed by atoms with Crippen LogP contribution in [0.15, 0.2) is 40.9 Å². The summed E-state index contributed by atoms with van der Waals surface area (Å²) < 4.78 is 25.3. The monoisotopic (exact) mass is 587 g/mol. The van der Waals surface area contributed by atoms with Crippen molar-refractivity contribution in [3.8, 4) is 27.9 Å². The lowest BCUT2D eigenvalue weighted by atomic mass is 9.95. The molecule has 6 N–H and O–H groups in total. The third kappa shape index (κ3) is 6.71. The third-order valence-corrected chi connectivity index (χ3v) is 7.06. The molecule has 2 heterocycles. The number of carbonyl (C=O) groups excluding carboxylic acids is 2. The number of amides is 3. The number of carbonyl (C=O) groups is 2. The molecule has 3 amide bonds. The van der Waals surface area contributed by atoms with Crippen LogP contribution in [0.4, 0.5) is 25.8 Å². The lowest BCUT2D eigenvalue weighted by Gasteiger charge is -2.21. The fourth-order valence-corrected chi connectivity index (χ4v) is 4.48. The average molecular weight is 588 g/mol. The highest BCUT2D eigenvalue weighted by molar-refractivity contribution is 7.28.